The Bertz CT molecular complexity index is 660. The van der Waals surface area contributed by atoms with E-state index >= 15 is 0 Å². The number of aromatic hydroxyl groups is 2. The largest absolute Gasteiger partial charge is 0.504 e. The van der Waals surface area contributed by atoms with Crippen molar-refractivity contribution in [1.82, 2.24) is 5.32 Å². The lowest BCUT2D eigenvalue weighted by Gasteiger charge is -2.27. The summed E-state index contributed by atoms with van der Waals surface area (Å²) >= 11 is 5.93. The minimum atomic E-state index is -0.106. The number of fused-ring (bicyclic) bond motifs is 1. The lowest BCUT2D eigenvalue weighted by molar-refractivity contribution is 0.260. The fourth-order valence-electron chi connectivity index (χ4n) is 2.55. The summed E-state index contributed by atoms with van der Waals surface area (Å²) in [6, 6.07) is 10.4. The molecule has 21 heavy (non-hydrogen) atoms. The Morgan fingerprint density at radius 1 is 1.19 bits per heavy atom. The molecule has 0 bridgehead atoms. The van der Waals surface area contributed by atoms with Crippen LogP contribution in [0.5, 0.6) is 17.2 Å². The first kappa shape index (κ1) is 14.0. The summed E-state index contributed by atoms with van der Waals surface area (Å²) in [5.74, 6) is 0.523. The van der Waals surface area contributed by atoms with Gasteiger partial charge in [0.05, 0.1) is 6.04 Å². The van der Waals surface area contributed by atoms with E-state index in [1.54, 1.807) is 24.3 Å². The van der Waals surface area contributed by atoms with Crippen molar-refractivity contribution in [3.8, 4) is 17.2 Å². The summed E-state index contributed by atoms with van der Waals surface area (Å²) in [6.45, 7) is 1.23. The molecule has 5 heteroatoms. The van der Waals surface area contributed by atoms with Crippen LogP contribution in [0.2, 0.25) is 5.02 Å². The molecule has 110 valence electrons. The van der Waals surface area contributed by atoms with Gasteiger partial charge in [-0.1, -0.05) is 17.7 Å². The number of phenolic OH excluding ortho intramolecular Hbond substituents is 2. The highest BCUT2D eigenvalue weighted by molar-refractivity contribution is 6.30. The molecule has 0 radical (unpaired) electrons. The summed E-state index contributed by atoms with van der Waals surface area (Å²) in [6.07, 6.45) is 0.816. The molecule has 0 aromatic heterocycles. The second-order valence-corrected chi connectivity index (χ2v) is 5.50. The van der Waals surface area contributed by atoms with Crippen LogP contribution in [-0.4, -0.2) is 23.4 Å². The fourth-order valence-corrected chi connectivity index (χ4v) is 2.73. The van der Waals surface area contributed by atoms with Crippen LogP contribution in [0.4, 0.5) is 0 Å². The lowest BCUT2D eigenvalue weighted by atomic mass is 9.94. The Hall–Kier alpha value is -1.91. The van der Waals surface area contributed by atoms with Gasteiger partial charge in [-0.05, 0) is 54.4 Å². The van der Waals surface area contributed by atoms with Gasteiger partial charge in [-0.15, -0.1) is 0 Å². The minimum absolute atomic E-state index is 0.0285. The summed E-state index contributed by atoms with van der Waals surface area (Å²) in [4.78, 5) is 0. The maximum atomic E-state index is 9.68. The molecule has 0 fully saturated rings. The average Bonchev–Trinajstić information content (AvgIpc) is 2.46. The first-order valence-corrected chi connectivity index (χ1v) is 7.18. The third-order valence-corrected chi connectivity index (χ3v) is 3.84. The maximum Gasteiger partial charge on any atom is 0.157 e. The molecule has 0 saturated carbocycles. The zero-order chi connectivity index (χ0) is 14.8. The second kappa shape index (κ2) is 5.84. The molecule has 1 unspecified atom stereocenters. The first-order valence-electron chi connectivity index (χ1n) is 6.80. The number of hydrogen-bond acceptors (Lipinski definition) is 4. The maximum absolute atomic E-state index is 9.68. The molecule has 1 heterocycles. The van der Waals surface area contributed by atoms with E-state index in [-0.39, 0.29) is 17.5 Å². The molecule has 2 aromatic rings. The number of nitrogens with one attached hydrogen (secondary N) is 1. The first-order chi connectivity index (χ1) is 10.1. The summed E-state index contributed by atoms with van der Waals surface area (Å²) in [5.41, 5.74) is 1.99. The number of phenols is 2. The van der Waals surface area contributed by atoms with Gasteiger partial charge in [0, 0.05) is 5.02 Å². The molecule has 1 aliphatic rings. The molecule has 0 saturated heterocycles. The van der Waals surface area contributed by atoms with E-state index in [1.807, 2.05) is 12.1 Å². The van der Waals surface area contributed by atoms with E-state index in [9.17, 15) is 10.2 Å². The number of hydrogen-bond donors (Lipinski definition) is 3. The van der Waals surface area contributed by atoms with Crippen molar-refractivity contribution in [1.29, 1.82) is 0 Å². The summed E-state index contributed by atoms with van der Waals surface area (Å²) < 4.78 is 5.76. The van der Waals surface area contributed by atoms with Crippen LogP contribution in [-0.2, 0) is 6.42 Å². The molecule has 4 nitrogen and oxygen atoms in total. The highest BCUT2D eigenvalue weighted by Gasteiger charge is 2.22. The fraction of sp³-hybridized carbons (Fsp3) is 0.250. The predicted octanol–water partition coefficient (Wildman–Crippen LogP) is 3.02. The second-order valence-electron chi connectivity index (χ2n) is 5.06. The number of ether oxygens (including phenoxy) is 1. The highest BCUT2D eigenvalue weighted by Crippen LogP contribution is 2.33. The van der Waals surface area contributed by atoms with Gasteiger partial charge in [0.1, 0.15) is 12.4 Å². The predicted molar refractivity (Wildman–Crippen MR) is 81.2 cm³/mol. The van der Waals surface area contributed by atoms with Gasteiger partial charge < -0.3 is 20.3 Å². The Morgan fingerprint density at radius 2 is 2.00 bits per heavy atom. The van der Waals surface area contributed by atoms with Gasteiger partial charge in [0.25, 0.3) is 0 Å². The molecule has 1 atom stereocenters. The molecule has 3 N–H and O–H groups in total. The number of rotatable bonds is 3. The quantitative estimate of drug-likeness (QED) is 0.763. The summed E-state index contributed by atoms with van der Waals surface area (Å²) in [5, 5.41) is 23.2. The van der Waals surface area contributed by atoms with Crippen LogP contribution in [0, 0.1) is 0 Å². The van der Waals surface area contributed by atoms with Gasteiger partial charge >= 0.3 is 0 Å². The zero-order valence-corrected chi connectivity index (χ0v) is 12.1. The van der Waals surface area contributed by atoms with Crippen molar-refractivity contribution >= 4 is 11.6 Å². The Kier molecular flexibility index (Phi) is 3.90. The third-order valence-electron chi connectivity index (χ3n) is 3.61. The van der Waals surface area contributed by atoms with Crippen LogP contribution < -0.4 is 10.1 Å². The van der Waals surface area contributed by atoms with Crippen molar-refractivity contribution in [3.05, 3.63) is 52.5 Å². The molecule has 0 aliphatic carbocycles. The van der Waals surface area contributed by atoms with E-state index in [2.05, 4.69) is 5.32 Å². The van der Waals surface area contributed by atoms with Crippen molar-refractivity contribution in [3.63, 3.8) is 0 Å². The molecule has 1 aliphatic heterocycles. The molecular weight excluding hydrogens is 290 g/mol. The zero-order valence-electron chi connectivity index (χ0n) is 11.3. The van der Waals surface area contributed by atoms with Crippen LogP contribution in [0.1, 0.15) is 17.2 Å². The number of benzene rings is 2. The van der Waals surface area contributed by atoms with Crippen molar-refractivity contribution in [2.24, 2.45) is 0 Å². The molecule has 0 spiro atoms. The third kappa shape index (κ3) is 3.06. The van der Waals surface area contributed by atoms with Crippen molar-refractivity contribution in [2.75, 3.05) is 13.2 Å². The van der Waals surface area contributed by atoms with Crippen LogP contribution in [0.15, 0.2) is 36.4 Å². The van der Waals surface area contributed by atoms with Gasteiger partial charge in [0.2, 0.25) is 0 Å². The van der Waals surface area contributed by atoms with Gasteiger partial charge in [-0.2, -0.15) is 0 Å². The summed E-state index contributed by atoms with van der Waals surface area (Å²) in [7, 11) is 0. The van der Waals surface area contributed by atoms with E-state index in [1.165, 1.54) is 0 Å². The van der Waals surface area contributed by atoms with Gasteiger partial charge in [0.15, 0.2) is 11.5 Å². The van der Waals surface area contributed by atoms with Gasteiger partial charge in [-0.25, -0.2) is 0 Å². The Morgan fingerprint density at radius 3 is 2.81 bits per heavy atom. The minimum Gasteiger partial charge on any atom is -0.504 e. The monoisotopic (exact) mass is 305 g/mol. The lowest BCUT2D eigenvalue weighted by Crippen LogP contribution is -2.33. The average molecular weight is 306 g/mol. The molecule has 0 amide bonds. The van der Waals surface area contributed by atoms with E-state index in [4.69, 9.17) is 16.3 Å². The molecule has 3 rings (SSSR count). The standard InChI is InChI=1S/C16H16ClNO3/c17-11-2-1-3-12(7-11)21-9-14-13-8-16(20)15(19)6-10(13)4-5-18-14/h1-3,6-8,14,18-20H,4-5,9H2. The Labute approximate surface area is 127 Å². The smallest absolute Gasteiger partial charge is 0.157 e. The van der Waals surface area contributed by atoms with E-state index in [0.717, 1.165) is 24.1 Å². The van der Waals surface area contributed by atoms with Crippen molar-refractivity contribution in [2.45, 2.75) is 12.5 Å². The molecular formula is C16H16ClNO3. The van der Waals surface area contributed by atoms with Gasteiger partial charge in [-0.3, -0.25) is 0 Å². The highest BCUT2D eigenvalue weighted by atomic mass is 35.5. The Balaban J connectivity index is 1.77. The van der Waals surface area contributed by atoms with Crippen LogP contribution in [0.3, 0.4) is 0 Å². The normalized spacial score (nSPS) is 17.3. The van der Waals surface area contributed by atoms with Crippen LogP contribution in [0.25, 0.3) is 0 Å². The molecule has 2 aromatic carbocycles. The topological polar surface area (TPSA) is 61.7 Å². The number of halogens is 1. The van der Waals surface area contributed by atoms with Crippen molar-refractivity contribution < 1.29 is 14.9 Å². The van der Waals surface area contributed by atoms with Crippen LogP contribution >= 0.6 is 11.6 Å². The van der Waals surface area contributed by atoms with E-state index < -0.39 is 0 Å². The van der Waals surface area contributed by atoms with E-state index in [0.29, 0.717) is 17.4 Å². The SMILES string of the molecule is Oc1cc2c(cc1O)C(COc1cccc(Cl)c1)NCC2.